The molecular weight excluding hydrogens is 446 g/mol. The minimum atomic E-state index is -0.115. The molecule has 0 spiro atoms. The van der Waals surface area contributed by atoms with Gasteiger partial charge in [-0.2, -0.15) is 18.6 Å². The molecule has 4 rings (SSSR count). The van der Waals surface area contributed by atoms with Crippen LogP contribution < -0.4 is 10.6 Å². The van der Waals surface area contributed by atoms with Gasteiger partial charge in [0.05, 0.1) is 23.0 Å². The lowest BCUT2D eigenvalue weighted by Gasteiger charge is -2.16. The van der Waals surface area contributed by atoms with E-state index in [4.69, 9.17) is 0 Å². The number of anilines is 1. The molecule has 1 atom stereocenters. The fourth-order valence-corrected chi connectivity index (χ4v) is 3.88. The molecule has 0 saturated carbocycles. The van der Waals surface area contributed by atoms with Crippen LogP contribution in [0.3, 0.4) is 0 Å². The zero-order chi connectivity index (χ0) is 23.4. The Morgan fingerprint density at radius 2 is 1.94 bits per heavy atom. The van der Waals surface area contributed by atoms with Gasteiger partial charge in [-0.25, -0.2) is 9.97 Å². The molecular formula is C25H31N7OS. The highest BCUT2D eigenvalue weighted by molar-refractivity contribution is 7.59. The van der Waals surface area contributed by atoms with E-state index < -0.39 is 0 Å². The minimum absolute atomic E-state index is 0. The molecule has 0 bridgehead atoms. The van der Waals surface area contributed by atoms with Crippen molar-refractivity contribution in [2.75, 3.05) is 18.9 Å². The fourth-order valence-electron chi connectivity index (χ4n) is 3.88. The summed E-state index contributed by atoms with van der Waals surface area (Å²) >= 11 is 0. The van der Waals surface area contributed by atoms with Gasteiger partial charge >= 0.3 is 0 Å². The van der Waals surface area contributed by atoms with Crippen molar-refractivity contribution < 1.29 is 4.79 Å². The molecule has 3 heterocycles. The van der Waals surface area contributed by atoms with Gasteiger partial charge in [-0.15, -0.1) is 0 Å². The predicted octanol–water partition coefficient (Wildman–Crippen LogP) is 4.23. The lowest BCUT2D eigenvalue weighted by Crippen LogP contribution is -2.18. The van der Waals surface area contributed by atoms with Gasteiger partial charge in [-0.05, 0) is 17.5 Å². The van der Waals surface area contributed by atoms with Crippen molar-refractivity contribution in [3.63, 3.8) is 0 Å². The van der Waals surface area contributed by atoms with Crippen molar-refractivity contribution >= 4 is 36.1 Å². The van der Waals surface area contributed by atoms with Crippen molar-refractivity contribution in [3.05, 3.63) is 66.4 Å². The maximum absolute atomic E-state index is 12.3. The van der Waals surface area contributed by atoms with Crippen LogP contribution in [0.15, 0.2) is 55.2 Å². The van der Waals surface area contributed by atoms with Gasteiger partial charge < -0.3 is 10.6 Å². The molecule has 0 fully saturated rings. The van der Waals surface area contributed by atoms with Crippen molar-refractivity contribution in [1.82, 2.24) is 30.0 Å². The Hall–Kier alpha value is -3.46. The summed E-state index contributed by atoms with van der Waals surface area (Å²) in [5, 5.41) is 11.4. The Morgan fingerprint density at radius 1 is 1.12 bits per heavy atom. The van der Waals surface area contributed by atoms with Crippen LogP contribution in [0.25, 0.3) is 22.2 Å². The van der Waals surface area contributed by atoms with E-state index in [0.29, 0.717) is 18.0 Å². The number of carbonyl (C=O) groups is 1. The second-order valence-electron chi connectivity index (χ2n) is 8.60. The average Bonchev–Trinajstić information content (AvgIpc) is 3.29. The molecule has 8 nitrogen and oxygen atoms in total. The monoisotopic (exact) mass is 477 g/mol. The quantitative estimate of drug-likeness (QED) is 0.394. The number of benzene rings is 1. The SMILES string of the molecule is CNC(=O)c1ccnc2c([C@H](C)CNc3cc(-c4cnn(CC(C)C)c4)ncn3)cccc12.S. The van der Waals surface area contributed by atoms with Crippen molar-refractivity contribution in [1.29, 1.82) is 0 Å². The Morgan fingerprint density at radius 3 is 2.71 bits per heavy atom. The number of pyridine rings is 1. The fraction of sp³-hybridized carbons (Fsp3) is 0.320. The number of aromatic nitrogens is 5. The first-order chi connectivity index (χ1) is 16.0. The zero-order valence-electron chi connectivity index (χ0n) is 19.9. The number of carbonyl (C=O) groups excluding carboxylic acids is 1. The predicted molar refractivity (Wildman–Crippen MR) is 141 cm³/mol. The molecule has 4 aromatic rings. The lowest BCUT2D eigenvalue weighted by atomic mass is 9.96. The average molecular weight is 478 g/mol. The minimum Gasteiger partial charge on any atom is -0.369 e. The van der Waals surface area contributed by atoms with E-state index in [1.54, 1.807) is 25.6 Å². The molecule has 0 aliphatic heterocycles. The summed E-state index contributed by atoms with van der Waals surface area (Å²) in [7, 11) is 1.64. The summed E-state index contributed by atoms with van der Waals surface area (Å²) in [6.07, 6.45) is 7.10. The first kappa shape index (κ1) is 25.2. The van der Waals surface area contributed by atoms with Crippen LogP contribution >= 0.6 is 13.5 Å². The van der Waals surface area contributed by atoms with Gasteiger partial charge in [0.1, 0.15) is 12.1 Å². The van der Waals surface area contributed by atoms with E-state index >= 15 is 0 Å². The number of amides is 1. The zero-order valence-corrected chi connectivity index (χ0v) is 20.9. The number of fused-ring (bicyclic) bond motifs is 1. The van der Waals surface area contributed by atoms with E-state index in [0.717, 1.165) is 40.1 Å². The summed E-state index contributed by atoms with van der Waals surface area (Å²) in [6.45, 7) is 8.00. The Kier molecular flexibility index (Phi) is 8.22. The maximum Gasteiger partial charge on any atom is 0.251 e. The van der Waals surface area contributed by atoms with Gasteiger partial charge in [0.25, 0.3) is 5.91 Å². The summed E-state index contributed by atoms with van der Waals surface area (Å²) in [5.41, 5.74) is 4.35. The third kappa shape index (κ3) is 5.53. The van der Waals surface area contributed by atoms with Crippen LogP contribution in [0.5, 0.6) is 0 Å². The normalized spacial score (nSPS) is 11.8. The molecule has 0 aliphatic rings. The Bertz CT molecular complexity index is 1270. The third-order valence-electron chi connectivity index (χ3n) is 5.54. The van der Waals surface area contributed by atoms with Crippen LogP contribution in [-0.2, 0) is 6.54 Å². The van der Waals surface area contributed by atoms with Crippen LogP contribution in [0.1, 0.15) is 42.6 Å². The number of nitrogens with one attached hydrogen (secondary N) is 2. The van der Waals surface area contributed by atoms with Crippen LogP contribution in [0.2, 0.25) is 0 Å². The molecule has 0 unspecified atom stereocenters. The highest BCUT2D eigenvalue weighted by Gasteiger charge is 2.15. The van der Waals surface area contributed by atoms with Gasteiger partial charge in [-0.1, -0.05) is 39.0 Å². The van der Waals surface area contributed by atoms with E-state index in [-0.39, 0.29) is 25.3 Å². The van der Waals surface area contributed by atoms with E-state index in [2.05, 4.69) is 57.5 Å². The van der Waals surface area contributed by atoms with Crippen LogP contribution in [-0.4, -0.2) is 44.2 Å². The lowest BCUT2D eigenvalue weighted by molar-refractivity contribution is 0.0964. The summed E-state index contributed by atoms with van der Waals surface area (Å²) in [6, 6.07) is 9.66. The summed E-state index contributed by atoms with van der Waals surface area (Å²) in [4.78, 5) is 25.6. The van der Waals surface area contributed by atoms with Crippen molar-refractivity contribution in [2.45, 2.75) is 33.2 Å². The molecule has 2 N–H and O–H groups in total. The molecule has 34 heavy (non-hydrogen) atoms. The van der Waals surface area contributed by atoms with Gasteiger partial charge in [0.15, 0.2) is 0 Å². The Balaban J connectivity index is 0.00000324. The number of nitrogens with zero attached hydrogens (tertiary/aromatic N) is 5. The summed E-state index contributed by atoms with van der Waals surface area (Å²) < 4.78 is 1.94. The molecule has 9 heteroatoms. The first-order valence-electron chi connectivity index (χ1n) is 11.1. The van der Waals surface area contributed by atoms with Gasteiger partial charge in [0.2, 0.25) is 0 Å². The smallest absolute Gasteiger partial charge is 0.251 e. The molecule has 3 aromatic heterocycles. The van der Waals surface area contributed by atoms with Crippen LogP contribution in [0.4, 0.5) is 5.82 Å². The number of para-hydroxylation sites is 1. The van der Waals surface area contributed by atoms with Crippen LogP contribution in [0, 0.1) is 5.92 Å². The molecule has 1 amide bonds. The van der Waals surface area contributed by atoms with E-state index in [1.807, 2.05) is 35.3 Å². The number of rotatable bonds is 8. The molecule has 1 aromatic carbocycles. The molecule has 0 radical (unpaired) electrons. The second kappa shape index (κ2) is 11.1. The van der Waals surface area contributed by atoms with E-state index in [1.165, 1.54) is 0 Å². The number of hydrogen-bond acceptors (Lipinski definition) is 6. The largest absolute Gasteiger partial charge is 0.369 e. The highest BCUT2D eigenvalue weighted by atomic mass is 32.1. The first-order valence-corrected chi connectivity index (χ1v) is 11.1. The van der Waals surface area contributed by atoms with Gasteiger partial charge in [-0.3, -0.25) is 14.5 Å². The maximum atomic E-state index is 12.3. The molecule has 178 valence electrons. The highest BCUT2D eigenvalue weighted by Crippen LogP contribution is 2.27. The molecule has 0 saturated heterocycles. The van der Waals surface area contributed by atoms with E-state index in [9.17, 15) is 4.79 Å². The number of hydrogen-bond donors (Lipinski definition) is 2. The molecule has 0 aliphatic carbocycles. The van der Waals surface area contributed by atoms with Gasteiger partial charge in [0, 0.05) is 55.5 Å². The Labute approximate surface area is 206 Å². The third-order valence-corrected chi connectivity index (χ3v) is 5.54. The van der Waals surface area contributed by atoms with Crippen molar-refractivity contribution in [3.8, 4) is 11.3 Å². The van der Waals surface area contributed by atoms with Crippen molar-refractivity contribution in [2.24, 2.45) is 5.92 Å². The second-order valence-corrected chi connectivity index (χ2v) is 8.60. The topological polar surface area (TPSA) is 97.6 Å². The standard InChI is InChI=1S/C25H29N7O.H2S/c1-16(2)13-32-14-18(12-31-32)22-10-23(30-15-29-22)28-11-17(3)19-6-5-7-20-21(25(33)26-4)8-9-27-24(19)20;/h5-10,12,14-17H,11,13H2,1-4H3,(H,26,33)(H,28,29,30);1H2/t17-;/m1./s1. The summed E-state index contributed by atoms with van der Waals surface area (Å²) in [5.74, 6) is 1.31.